The summed E-state index contributed by atoms with van der Waals surface area (Å²) in [4.78, 5) is 0.119. The minimum Gasteiger partial charge on any atom is -0.492 e. The Kier molecular flexibility index (Phi) is 5.45. The monoisotopic (exact) mass is 339 g/mol. The van der Waals surface area contributed by atoms with Crippen molar-refractivity contribution < 1.29 is 13.2 Å². The molecule has 118 valence electrons. The van der Waals surface area contributed by atoms with Crippen LogP contribution in [0.3, 0.4) is 0 Å². The molecule has 2 aromatic carbocycles. The first-order valence-corrected chi connectivity index (χ1v) is 8.76. The molecule has 4 nitrogen and oxygen atoms in total. The SMILES string of the molecule is CCOc1ccc(S(=O)(=O)NCc2ccc(C)cc2)cc1Cl. The van der Waals surface area contributed by atoms with E-state index in [1.54, 1.807) is 6.07 Å². The Morgan fingerprint density at radius 3 is 2.41 bits per heavy atom. The topological polar surface area (TPSA) is 55.4 Å². The van der Waals surface area contributed by atoms with Crippen LogP contribution in [0.1, 0.15) is 18.1 Å². The highest BCUT2D eigenvalue weighted by Gasteiger charge is 2.15. The molecule has 0 saturated heterocycles. The molecule has 2 aromatic rings. The summed E-state index contributed by atoms with van der Waals surface area (Å²) in [6.07, 6.45) is 0. The Bertz CT molecular complexity index is 742. The molecule has 0 fully saturated rings. The van der Waals surface area contributed by atoms with Gasteiger partial charge < -0.3 is 4.74 Å². The fourth-order valence-electron chi connectivity index (χ4n) is 1.89. The molecular formula is C16H18ClNO3S. The minimum absolute atomic E-state index is 0.119. The van der Waals surface area contributed by atoms with Gasteiger partial charge in [0.05, 0.1) is 16.5 Å². The van der Waals surface area contributed by atoms with Crippen molar-refractivity contribution in [3.05, 3.63) is 58.6 Å². The van der Waals surface area contributed by atoms with Crippen LogP contribution in [0.15, 0.2) is 47.4 Å². The molecule has 0 aromatic heterocycles. The summed E-state index contributed by atoms with van der Waals surface area (Å²) in [6, 6.07) is 12.1. The van der Waals surface area contributed by atoms with Crippen LogP contribution in [-0.2, 0) is 16.6 Å². The van der Waals surface area contributed by atoms with E-state index in [9.17, 15) is 8.42 Å². The lowest BCUT2D eigenvalue weighted by atomic mass is 10.2. The number of halogens is 1. The van der Waals surface area contributed by atoms with Gasteiger partial charge in [0.2, 0.25) is 10.0 Å². The van der Waals surface area contributed by atoms with Gasteiger partial charge in [0.1, 0.15) is 5.75 Å². The van der Waals surface area contributed by atoms with E-state index in [0.717, 1.165) is 11.1 Å². The molecule has 6 heteroatoms. The van der Waals surface area contributed by atoms with Crippen molar-refractivity contribution >= 4 is 21.6 Å². The van der Waals surface area contributed by atoms with E-state index in [0.29, 0.717) is 12.4 Å². The van der Waals surface area contributed by atoms with Gasteiger partial charge in [0, 0.05) is 6.54 Å². The summed E-state index contributed by atoms with van der Waals surface area (Å²) < 4.78 is 32.4. The first-order valence-electron chi connectivity index (χ1n) is 6.90. The predicted octanol–water partition coefficient (Wildman–Crippen LogP) is 3.53. The predicted molar refractivity (Wildman–Crippen MR) is 87.8 cm³/mol. The van der Waals surface area contributed by atoms with Gasteiger partial charge in [0.15, 0.2) is 0 Å². The average Bonchev–Trinajstić information content (AvgIpc) is 2.49. The van der Waals surface area contributed by atoms with E-state index in [4.69, 9.17) is 16.3 Å². The number of aryl methyl sites for hydroxylation is 1. The number of benzene rings is 2. The average molecular weight is 340 g/mol. The highest BCUT2D eigenvalue weighted by molar-refractivity contribution is 7.89. The van der Waals surface area contributed by atoms with Crippen molar-refractivity contribution in [2.24, 2.45) is 0 Å². The zero-order valence-electron chi connectivity index (χ0n) is 12.5. The zero-order chi connectivity index (χ0) is 16.2. The van der Waals surface area contributed by atoms with Crippen LogP contribution in [0, 0.1) is 6.92 Å². The van der Waals surface area contributed by atoms with Gasteiger partial charge in [-0.15, -0.1) is 0 Å². The Morgan fingerprint density at radius 2 is 1.82 bits per heavy atom. The molecule has 0 spiro atoms. The fraction of sp³-hybridized carbons (Fsp3) is 0.250. The molecule has 0 atom stereocenters. The maximum Gasteiger partial charge on any atom is 0.240 e. The molecule has 0 aliphatic heterocycles. The highest BCUT2D eigenvalue weighted by Crippen LogP contribution is 2.27. The number of sulfonamides is 1. The second kappa shape index (κ2) is 7.13. The summed E-state index contributed by atoms with van der Waals surface area (Å²) in [7, 11) is -3.61. The van der Waals surface area contributed by atoms with Crippen molar-refractivity contribution in [3.8, 4) is 5.75 Å². The maximum atomic E-state index is 12.3. The first kappa shape index (κ1) is 16.8. The highest BCUT2D eigenvalue weighted by atomic mass is 35.5. The van der Waals surface area contributed by atoms with E-state index < -0.39 is 10.0 Å². The molecule has 0 radical (unpaired) electrons. The number of ether oxygens (including phenoxy) is 1. The molecule has 0 bridgehead atoms. The Hall–Kier alpha value is -1.56. The van der Waals surface area contributed by atoms with Crippen LogP contribution < -0.4 is 9.46 Å². The van der Waals surface area contributed by atoms with Crippen LogP contribution in [0.2, 0.25) is 5.02 Å². The third kappa shape index (κ3) is 4.22. The number of nitrogens with one attached hydrogen (secondary N) is 1. The molecule has 22 heavy (non-hydrogen) atoms. The Balaban J connectivity index is 2.13. The van der Waals surface area contributed by atoms with E-state index in [1.165, 1.54) is 12.1 Å². The summed E-state index contributed by atoms with van der Waals surface area (Å²) in [5, 5.41) is 0.278. The van der Waals surface area contributed by atoms with Crippen molar-refractivity contribution in [2.45, 2.75) is 25.3 Å². The molecule has 0 saturated carbocycles. The summed E-state index contributed by atoms with van der Waals surface area (Å²) >= 11 is 6.03. The lowest BCUT2D eigenvalue weighted by molar-refractivity contribution is 0.340. The Labute approximate surface area is 136 Å². The summed E-state index contributed by atoms with van der Waals surface area (Å²) in [5.41, 5.74) is 2.02. The molecule has 2 rings (SSSR count). The molecule has 0 amide bonds. The van der Waals surface area contributed by atoms with Crippen LogP contribution >= 0.6 is 11.6 Å². The molecule has 0 unspecified atom stereocenters. The van der Waals surface area contributed by atoms with Crippen LogP contribution in [0.4, 0.5) is 0 Å². The van der Waals surface area contributed by atoms with E-state index >= 15 is 0 Å². The van der Waals surface area contributed by atoms with Gasteiger partial charge >= 0.3 is 0 Å². The van der Waals surface area contributed by atoms with Gasteiger partial charge in [-0.2, -0.15) is 0 Å². The van der Waals surface area contributed by atoms with Gasteiger partial charge in [-0.1, -0.05) is 41.4 Å². The van der Waals surface area contributed by atoms with Gasteiger partial charge in [-0.3, -0.25) is 0 Å². The third-order valence-corrected chi connectivity index (χ3v) is 4.79. The third-order valence-electron chi connectivity index (χ3n) is 3.10. The van der Waals surface area contributed by atoms with E-state index in [2.05, 4.69) is 4.72 Å². The quantitative estimate of drug-likeness (QED) is 0.876. The van der Waals surface area contributed by atoms with E-state index in [-0.39, 0.29) is 16.5 Å². The number of hydrogen-bond donors (Lipinski definition) is 1. The minimum atomic E-state index is -3.61. The van der Waals surface area contributed by atoms with Crippen molar-refractivity contribution in [1.82, 2.24) is 4.72 Å². The van der Waals surface area contributed by atoms with Crippen LogP contribution in [-0.4, -0.2) is 15.0 Å². The van der Waals surface area contributed by atoms with Gasteiger partial charge in [0.25, 0.3) is 0 Å². The van der Waals surface area contributed by atoms with Crippen molar-refractivity contribution in [1.29, 1.82) is 0 Å². The normalized spacial score (nSPS) is 11.4. The van der Waals surface area contributed by atoms with Gasteiger partial charge in [-0.05, 0) is 37.6 Å². The second-order valence-electron chi connectivity index (χ2n) is 4.84. The lowest BCUT2D eigenvalue weighted by Crippen LogP contribution is -2.23. The molecule has 0 heterocycles. The summed E-state index contributed by atoms with van der Waals surface area (Å²) in [5.74, 6) is 0.474. The van der Waals surface area contributed by atoms with Crippen molar-refractivity contribution in [3.63, 3.8) is 0 Å². The summed E-state index contributed by atoms with van der Waals surface area (Å²) in [6.45, 7) is 4.52. The van der Waals surface area contributed by atoms with Gasteiger partial charge in [-0.25, -0.2) is 13.1 Å². The van der Waals surface area contributed by atoms with E-state index in [1.807, 2.05) is 38.1 Å². The fourth-order valence-corrected chi connectivity index (χ4v) is 3.23. The van der Waals surface area contributed by atoms with Crippen molar-refractivity contribution in [2.75, 3.05) is 6.61 Å². The maximum absolute atomic E-state index is 12.3. The molecule has 0 aliphatic carbocycles. The molecule has 1 N–H and O–H groups in total. The molecular weight excluding hydrogens is 322 g/mol. The standard InChI is InChI=1S/C16H18ClNO3S/c1-3-21-16-9-8-14(10-15(16)17)22(19,20)18-11-13-6-4-12(2)5-7-13/h4-10,18H,3,11H2,1-2H3. The van der Waals surface area contributed by atoms with Crippen LogP contribution in [0.25, 0.3) is 0 Å². The largest absolute Gasteiger partial charge is 0.492 e. The molecule has 0 aliphatic rings. The number of rotatable bonds is 6. The van der Waals surface area contributed by atoms with Crippen LogP contribution in [0.5, 0.6) is 5.75 Å². The first-order chi connectivity index (χ1) is 10.4. The second-order valence-corrected chi connectivity index (χ2v) is 7.01. The number of hydrogen-bond acceptors (Lipinski definition) is 3. The zero-order valence-corrected chi connectivity index (χ0v) is 14.0. The Morgan fingerprint density at radius 1 is 1.14 bits per heavy atom. The lowest BCUT2D eigenvalue weighted by Gasteiger charge is -2.10. The smallest absolute Gasteiger partial charge is 0.240 e.